The number of nitrogens with zero attached hydrogens (tertiary/aromatic N) is 1. The number of anilines is 1. The quantitative estimate of drug-likeness (QED) is 0.901. The standard InChI is InChI=1S/C12H13BrN2O2/c1-7-4-9(2-3-10(7)13)15-6-8(12(14)17)5-11(15)16/h2-4,8H,5-6H2,1H3,(H2,14,17)/t8-/m0/s1. The number of carbonyl (C=O) groups is 2. The molecule has 1 aromatic carbocycles. The molecule has 0 aliphatic carbocycles. The molecule has 90 valence electrons. The van der Waals surface area contributed by atoms with Crippen LogP contribution in [0, 0.1) is 12.8 Å². The van der Waals surface area contributed by atoms with Crippen molar-refractivity contribution < 1.29 is 9.59 Å². The number of amides is 2. The van der Waals surface area contributed by atoms with Crippen LogP contribution in [-0.2, 0) is 9.59 Å². The molecule has 4 nitrogen and oxygen atoms in total. The number of aryl methyl sites for hydroxylation is 1. The Balaban J connectivity index is 2.26. The van der Waals surface area contributed by atoms with Crippen molar-refractivity contribution in [3.63, 3.8) is 0 Å². The molecule has 1 fully saturated rings. The highest BCUT2D eigenvalue weighted by molar-refractivity contribution is 9.10. The van der Waals surface area contributed by atoms with Crippen LogP contribution in [0.25, 0.3) is 0 Å². The molecule has 1 aliphatic heterocycles. The topological polar surface area (TPSA) is 63.4 Å². The van der Waals surface area contributed by atoms with Gasteiger partial charge in [-0.2, -0.15) is 0 Å². The van der Waals surface area contributed by atoms with Crippen LogP contribution in [0.1, 0.15) is 12.0 Å². The first kappa shape index (κ1) is 12.1. The van der Waals surface area contributed by atoms with E-state index in [1.165, 1.54) is 0 Å². The SMILES string of the molecule is Cc1cc(N2C[C@@H](C(N)=O)CC2=O)ccc1Br. The molecule has 1 atom stereocenters. The lowest BCUT2D eigenvalue weighted by Crippen LogP contribution is -2.28. The lowest BCUT2D eigenvalue weighted by Gasteiger charge is -2.17. The van der Waals surface area contributed by atoms with Crippen molar-refractivity contribution in [1.82, 2.24) is 0 Å². The van der Waals surface area contributed by atoms with Gasteiger partial charge in [0, 0.05) is 23.1 Å². The Kier molecular flexibility index (Phi) is 3.19. The van der Waals surface area contributed by atoms with Crippen LogP contribution in [0.5, 0.6) is 0 Å². The summed E-state index contributed by atoms with van der Waals surface area (Å²) < 4.78 is 0.999. The Morgan fingerprint density at radius 3 is 2.76 bits per heavy atom. The van der Waals surface area contributed by atoms with Crippen LogP contribution in [0.4, 0.5) is 5.69 Å². The summed E-state index contributed by atoms with van der Waals surface area (Å²) in [5, 5.41) is 0. The zero-order valence-electron chi connectivity index (χ0n) is 9.44. The van der Waals surface area contributed by atoms with Gasteiger partial charge in [0.15, 0.2) is 0 Å². The summed E-state index contributed by atoms with van der Waals surface area (Å²) in [6.07, 6.45) is 0.213. The Hall–Kier alpha value is -1.36. The molecule has 1 aliphatic rings. The van der Waals surface area contributed by atoms with Crippen molar-refractivity contribution in [2.45, 2.75) is 13.3 Å². The summed E-state index contributed by atoms with van der Waals surface area (Å²) in [5.74, 6) is -0.823. The van der Waals surface area contributed by atoms with Gasteiger partial charge in [0.05, 0.1) is 5.92 Å². The zero-order valence-corrected chi connectivity index (χ0v) is 11.0. The third-order valence-corrected chi connectivity index (χ3v) is 3.87. The first-order chi connectivity index (χ1) is 7.99. The second-order valence-electron chi connectivity index (χ2n) is 4.24. The van der Waals surface area contributed by atoms with Gasteiger partial charge in [0.1, 0.15) is 0 Å². The minimum Gasteiger partial charge on any atom is -0.369 e. The van der Waals surface area contributed by atoms with Crippen LogP contribution >= 0.6 is 15.9 Å². The van der Waals surface area contributed by atoms with Gasteiger partial charge in [-0.25, -0.2) is 0 Å². The Morgan fingerprint density at radius 1 is 1.53 bits per heavy atom. The molecular weight excluding hydrogens is 284 g/mol. The van der Waals surface area contributed by atoms with E-state index in [1.54, 1.807) is 4.90 Å². The van der Waals surface area contributed by atoms with Crippen LogP contribution in [-0.4, -0.2) is 18.4 Å². The number of nitrogens with two attached hydrogens (primary N) is 1. The second kappa shape index (κ2) is 4.49. The third kappa shape index (κ3) is 2.34. The van der Waals surface area contributed by atoms with Crippen LogP contribution in [0.15, 0.2) is 22.7 Å². The van der Waals surface area contributed by atoms with E-state index in [0.29, 0.717) is 6.54 Å². The van der Waals surface area contributed by atoms with E-state index in [-0.39, 0.29) is 18.2 Å². The van der Waals surface area contributed by atoms with Gasteiger partial charge in [-0.1, -0.05) is 15.9 Å². The van der Waals surface area contributed by atoms with Crippen molar-refractivity contribution in [1.29, 1.82) is 0 Å². The van der Waals surface area contributed by atoms with E-state index in [2.05, 4.69) is 15.9 Å². The molecular formula is C12H13BrN2O2. The highest BCUT2D eigenvalue weighted by Crippen LogP contribution is 2.28. The molecule has 17 heavy (non-hydrogen) atoms. The molecule has 2 N–H and O–H groups in total. The van der Waals surface area contributed by atoms with Gasteiger partial charge in [-0.3, -0.25) is 9.59 Å². The van der Waals surface area contributed by atoms with E-state index >= 15 is 0 Å². The predicted octanol–water partition coefficient (Wildman–Crippen LogP) is 1.60. The lowest BCUT2D eigenvalue weighted by molar-refractivity contribution is -0.123. The predicted molar refractivity (Wildman–Crippen MR) is 68.5 cm³/mol. The molecule has 2 rings (SSSR count). The second-order valence-corrected chi connectivity index (χ2v) is 5.10. The summed E-state index contributed by atoms with van der Waals surface area (Å²) in [5.41, 5.74) is 7.10. The maximum Gasteiger partial charge on any atom is 0.227 e. The van der Waals surface area contributed by atoms with Gasteiger partial charge >= 0.3 is 0 Å². The summed E-state index contributed by atoms with van der Waals surface area (Å²) in [6, 6.07) is 5.68. The van der Waals surface area contributed by atoms with Crippen LogP contribution in [0.2, 0.25) is 0 Å². The van der Waals surface area contributed by atoms with E-state index in [9.17, 15) is 9.59 Å². The fraction of sp³-hybridized carbons (Fsp3) is 0.333. The average Bonchev–Trinajstić information content (AvgIpc) is 2.65. The lowest BCUT2D eigenvalue weighted by atomic mass is 10.1. The third-order valence-electron chi connectivity index (χ3n) is 2.98. The molecule has 0 saturated carbocycles. The highest BCUT2D eigenvalue weighted by Gasteiger charge is 2.33. The summed E-state index contributed by atoms with van der Waals surface area (Å²) in [4.78, 5) is 24.5. The number of hydrogen-bond acceptors (Lipinski definition) is 2. The van der Waals surface area contributed by atoms with Gasteiger partial charge in [-0.05, 0) is 30.7 Å². The molecule has 0 unspecified atom stereocenters. The first-order valence-electron chi connectivity index (χ1n) is 5.35. The largest absolute Gasteiger partial charge is 0.369 e. The number of benzene rings is 1. The number of hydrogen-bond donors (Lipinski definition) is 1. The van der Waals surface area contributed by atoms with Crippen molar-refractivity contribution in [3.8, 4) is 0 Å². The van der Waals surface area contributed by atoms with Gasteiger partial charge in [0.25, 0.3) is 0 Å². The normalized spacial score (nSPS) is 19.8. The number of carbonyl (C=O) groups excluding carboxylic acids is 2. The summed E-state index contributed by atoms with van der Waals surface area (Å²) >= 11 is 3.41. The minimum atomic E-state index is -0.408. The Bertz CT molecular complexity index is 487. The van der Waals surface area contributed by atoms with Crippen molar-refractivity contribution in [3.05, 3.63) is 28.2 Å². The van der Waals surface area contributed by atoms with E-state index in [0.717, 1.165) is 15.7 Å². The van der Waals surface area contributed by atoms with Gasteiger partial charge < -0.3 is 10.6 Å². The molecule has 0 bridgehead atoms. The average molecular weight is 297 g/mol. The molecule has 1 heterocycles. The monoisotopic (exact) mass is 296 g/mol. The zero-order chi connectivity index (χ0) is 12.6. The maximum absolute atomic E-state index is 11.8. The summed E-state index contributed by atoms with van der Waals surface area (Å²) in [7, 11) is 0. The maximum atomic E-state index is 11.8. The number of halogens is 1. The van der Waals surface area contributed by atoms with Gasteiger partial charge in [-0.15, -0.1) is 0 Å². The molecule has 2 amide bonds. The molecule has 1 aromatic rings. The number of rotatable bonds is 2. The highest BCUT2D eigenvalue weighted by atomic mass is 79.9. The molecule has 0 radical (unpaired) electrons. The van der Waals surface area contributed by atoms with Crippen molar-refractivity contribution in [2.75, 3.05) is 11.4 Å². The van der Waals surface area contributed by atoms with E-state index in [1.807, 2.05) is 25.1 Å². The molecule has 0 aromatic heterocycles. The Labute approximate surface area is 108 Å². The van der Waals surface area contributed by atoms with Gasteiger partial charge in [0.2, 0.25) is 11.8 Å². The van der Waals surface area contributed by atoms with Crippen LogP contribution < -0.4 is 10.6 Å². The Morgan fingerprint density at radius 2 is 2.24 bits per heavy atom. The molecule has 1 saturated heterocycles. The summed E-state index contributed by atoms with van der Waals surface area (Å²) in [6.45, 7) is 2.34. The van der Waals surface area contributed by atoms with Crippen molar-refractivity contribution in [2.24, 2.45) is 11.7 Å². The smallest absolute Gasteiger partial charge is 0.227 e. The van der Waals surface area contributed by atoms with E-state index in [4.69, 9.17) is 5.73 Å². The molecule has 0 spiro atoms. The minimum absolute atomic E-state index is 0.0458. The van der Waals surface area contributed by atoms with E-state index < -0.39 is 5.91 Å². The first-order valence-corrected chi connectivity index (χ1v) is 6.14. The number of primary amides is 1. The van der Waals surface area contributed by atoms with Crippen molar-refractivity contribution >= 4 is 33.4 Å². The fourth-order valence-corrected chi connectivity index (χ4v) is 2.19. The molecule has 5 heteroatoms. The van der Waals surface area contributed by atoms with Crippen LogP contribution in [0.3, 0.4) is 0 Å². The fourth-order valence-electron chi connectivity index (χ4n) is 1.94.